The topological polar surface area (TPSA) is 97.6 Å². The summed E-state index contributed by atoms with van der Waals surface area (Å²) < 4.78 is 10.0. The van der Waals surface area contributed by atoms with E-state index in [4.69, 9.17) is 20.8 Å². The predicted octanol–water partition coefficient (Wildman–Crippen LogP) is 4.29. The summed E-state index contributed by atoms with van der Waals surface area (Å²) in [6.45, 7) is 1.41. The van der Waals surface area contributed by atoms with Crippen molar-refractivity contribution < 1.29 is 23.5 Å². The highest BCUT2D eigenvalue weighted by Gasteiger charge is 2.12. The fraction of sp³-hybridized carbons (Fsp3) is 0.0952. The lowest BCUT2D eigenvalue weighted by Gasteiger charge is -2.08. The van der Waals surface area contributed by atoms with Crippen molar-refractivity contribution in [2.24, 2.45) is 0 Å². The lowest BCUT2D eigenvalue weighted by atomic mass is 10.2. The van der Waals surface area contributed by atoms with Gasteiger partial charge in [0, 0.05) is 16.4 Å². The molecule has 0 saturated heterocycles. The molecule has 0 atom stereocenters. The number of halogens is 1. The Labute approximate surface area is 171 Å². The van der Waals surface area contributed by atoms with Crippen LogP contribution in [0.3, 0.4) is 0 Å². The largest absolute Gasteiger partial charge is 0.459 e. The first-order chi connectivity index (χ1) is 13.9. The van der Waals surface area contributed by atoms with Crippen LogP contribution in [-0.2, 0) is 9.53 Å². The Morgan fingerprint density at radius 1 is 1.00 bits per heavy atom. The van der Waals surface area contributed by atoms with E-state index in [1.165, 1.54) is 24.5 Å². The summed E-state index contributed by atoms with van der Waals surface area (Å²) in [5, 5.41) is 5.77. The third kappa shape index (κ3) is 5.46. The molecule has 7 nitrogen and oxygen atoms in total. The van der Waals surface area contributed by atoms with Crippen molar-refractivity contribution in [3.8, 4) is 0 Å². The maximum Gasteiger partial charge on any atom is 0.338 e. The number of benzene rings is 2. The summed E-state index contributed by atoms with van der Waals surface area (Å²) in [7, 11) is 0. The third-order valence-electron chi connectivity index (χ3n) is 3.91. The number of anilines is 2. The Balaban J connectivity index is 1.50. The molecule has 8 heteroatoms. The van der Waals surface area contributed by atoms with Gasteiger partial charge in [0.05, 0.1) is 11.8 Å². The van der Waals surface area contributed by atoms with Crippen LogP contribution in [0.5, 0.6) is 0 Å². The van der Waals surface area contributed by atoms with Gasteiger partial charge in [-0.1, -0.05) is 17.7 Å². The Hall–Kier alpha value is -3.58. The molecule has 1 aromatic heterocycles. The fourth-order valence-electron chi connectivity index (χ4n) is 2.37. The van der Waals surface area contributed by atoms with Crippen molar-refractivity contribution in [3.63, 3.8) is 0 Å². The Morgan fingerprint density at radius 2 is 1.72 bits per heavy atom. The van der Waals surface area contributed by atoms with Gasteiger partial charge < -0.3 is 19.8 Å². The van der Waals surface area contributed by atoms with Crippen LogP contribution < -0.4 is 10.6 Å². The Bertz CT molecular complexity index is 1030. The van der Waals surface area contributed by atoms with E-state index in [9.17, 15) is 14.4 Å². The summed E-state index contributed by atoms with van der Waals surface area (Å²) >= 11 is 6.01. The van der Waals surface area contributed by atoms with E-state index in [2.05, 4.69) is 10.6 Å². The minimum absolute atomic E-state index is 0.175. The molecule has 3 aromatic rings. The van der Waals surface area contributed by atoms with E-state index >= 15 is 0 Å². The van der Waals surface area contributed by atoms with Gasteiger partial charge in [0.2, 0.25) is 0 Å². The molecule has 0 aliphatic rings. The first kappa shape index (κ1) is 20.2. The second-order valence-electron chi connectivity index (χ2n) is 6.10. The van der Waals surface area contributed by atoms with E-state index in [1.807, 2.05) is 6.92 Å². The lowest BCUT2D eigenvalue weighted by molar-refractivity contribution is -0.119. The molecule has 2 aromatic carbocycles. The minimum Gasteiger partial charge on any atom is -0.459 e. The van der Waals surface area contributed by atoms with Crippen LogP contribution >= 0.6 is 11.6 Å². The normalized spacial score (nSPS) is 10.3. The average Bonchev–Trinajstić information content (AvgIpc) is 3.24. The van der Waals surface area contributed by atoms with Gasteiger partial charge in [-0.15, -0.1) is 0 Å². The number of carbonyl (C=O) groups excluding carboxylic acids is 3. The molecular formula is C21H17ClN2O5. The van der Waals surface area contributed by atoms with Crippen LogP contribution in [0.15, 0.2) is 65.3 Å². The van der Waals surface area contributed by atoms with Crippen molar-refractivity contribution in [1.29, 1.82) is 0 Å². The van der Waals surface area contributed by atoms with Gasteiger partial charge in [0.15, 0.2) is 12.4 Å². The van der Waals surface area contributed by atoms with Crippen LogP contribution in [0.2, 0.25) is 5.02 Å². The smallest absolute Gasteiger partial charge is 0.338 e. The minimum atomic E-state index is -0.661. The van der Waals surface area contributed by atoms with Crippen LogP contribution in [0.4, 0.5) is 11.4 Å². The van der Waals surface area contributed by atoms with E-state index in [1.54, 1.807) is 36.4 Å². The molecule has 0 bridgehead atoms. The molecule has 0 radical (unpaired) electrons. The van der Waals surface area contributed by atoms with Crippen LogP contribution in [0.25, 0.3) is 0 Å². The molecule has 0 spiro atoms. The molecule has 0 unspecified atom stereocenters. The van der Waals surface area contributed by atoms with Crippen molar-refractivity contribution in [2.75, 3.05) is 17.2 Å². The first-order valence-corrected chi connectivity index (χ1v) is 8.98. The van der Waals surface area contributed by atoms with Crippen molar-refractivity contribution >= 4 is 40.8 Å². The van der Waals surface area contributed by atoms with Crippen molar-refractivity contribution in [3.05, 3.63) is 82.8 Å². The number of hydrogen-bond donors (Lipinski definition) is 2. The number of ether oxygens (including phenoxy) is 1. The van der Waals surface area contributed by atoms with Gasteiger partial charge in [-0.3, -0.25) is 9.59 Å². The van der Waals surface area contributed by atoms with Crippen LogP contribution in [0, 0.1) is 6.92 Å². The predicted molar refractivity (Wildman–Crippen MR) is 108 cm³/mol. The molecule has 148 valence electrons. The van der Waals surface area contributed by atoms with Crippen molar-refractivity contribution in [2.45, 2.75) is 6.92 Å². The number of amides is 2. The van der Waals surface area contributed by atoms with E-state index in [0.29, 0.717) is 16.4 Å². The summed E-state index contributed by atoms with van der Waals surface area (Å²) in [5.41, 5.74) is 2.13. The number of aryl methyl sites for hydroxylation is 1. The average molecular weight is 413 g/mol. The number of carbonyl (C=O) groups is 3. The van der Waals surface area contributed by atoms with E-state index in [-0.39, 0.29) is 11.3 Å². The summed E-state index contributed by atoms with van der Waals surface area (Å²) in [6, 6.07) is 14.3. The third-order valence-corrected chi connectivity index (χ3v) is 4.32. The van der Waals surface area contributed by atoms with Gasteiger partial charge in [-0.05, 0) is 61.0 Å². The molecule has 2 N–H and O–H groups in total. The standard InChI is InChI=1S/C21H17ClN2O5/c1-13-4-7-16(11-17(13)22)23-19(25)12-29-21(27)14-5-8-15(9-6-14)24-20(26)18-3-2-10-28-18/h2-11H,12H2,1H3,(H,23,25)(H,24,26). The van der Waals surface area contributed by atoms with E-state index in [0.717, 1.165) is 5.56 Å². The number of nitrogens with one attached hydrogen (secondary N) is 2. The summed E-state index contributed by atoms with van der Waals surface area (Å²) in [5.74, 6) is -1.38. The molecule has 3 rings (SSSR count). The summed E-state index contributed by atoms with van der Waals surface area (Å²) in [6.07, 6.45) is 1.40. The highest BCUT2D eigenvalue weighted by molar-refractivity contribution is 6.31. The summed E-state index contributed by atoms with van der Waals surface area (Å²) in [4.78, 5) is 36.0. The van der Waals surface area contributed by atoms with E-state index < -0.39 is 24.4 Å². The SMILES string of the molecule is Cc1ccc(NC(=O)COC(=O)c2ccc(NC(=O)c3ccco3)cc2)cc1Cl. The quantitative estimate of drug-likeness (QED) is 0.588. The highest BCUT2D eigenvalue weighted by atomic mass is 35.5. The zero-order valence-corrected chi connectivity index (χ0v) is 16.2. The fourth-order valence-corrected chi connectivity index (χ4v) is 2.55. The molecule has 1 heterocycles. The molecule has 0 saturated carbocycles. The zero-order valence-electron chi connectivity index (χ0n) is 15.4. The van der Waals surface area contributed by atoms with Gasteiger partial charge in [0.1, 0.15) is 0 Å². The number of rotatable bonds is 6. The molecular weight excluding hydrogens is 396 g/mol. The second-order valence-corrected chi connectivity index (χ2v) is 6.50. The lowest BCUT2D eigenvalue weighted by Crippen LogP contribution is -2.21. The molecule has 2 amide bonds. The highest BCUT2D eigenvalue weighted by Crippen LogP contribution is 2.20. The molecule has 29 heavy (non-hydrogen) atoms. The number of hydrogen-bond acceptors (Lipinski definition) is 5. The molecule has 0 aliphatic heterocycles. The Morgan fingerprint density at radius 3 is 2.38 bits per heavy atom. The molecule has 0 fully saturated rings. The maximum absolute atomic E-state index is 12.1. The van der Waals surface area contributed by atoms with Crippen LogP contribution in [-0.4, -0.2) is 24.4 Å². The maximum atomic E-state index is 12.1. The van der Waals surface area contributed by atoms with Gasteiger partial charge in [-0.25, -0.2) is 4.79 Å². The molecule has 0 aliphatic carbocycles. The Kier molecular flexibility index (Phi) is 6.31. The van der Waals surface area contributed by atoms with Gasteiger partial charge >= 0.3 is 5.97 Å². The van der Waals surface area contributed by atoms with Crippen molar-refractivity contribution in [1.82, 2.24) is 0 Å². The van der Waals surface area contributed by atoms with Gasteiger partial charge in [0.25, 0.3) is 11.8 Å². The first-order valence-electron chi connectivity index (χ1n) is 8.60. The monoisotopic (exact) mass is 412 g/mol. The van der Waals surface area contributed by atoms with Gasteiger partial charge in [-0.2, -0.15) is 0 Å². The number of furan rings is 1. The second kappa shape index (κ2) is 9.07. The van der Waals surface area contributed by atoms with Crippen LogP contribution in [0.1, 0.15) is 26.5 Å². The zero-order chi connectivity index (χ0) is 20.8. The number of esters is 1.